The van der Waals surface area contributed by atoms with Crippen molar-refractivity contribution < 1.29 is 23.9 Å². The molecule has 0 aromatic carbocycles. The van der Waals surface area contributed by atoms with Crippen LogP contribution in [-0.4, -0.2) is 50.8 Å². The Labute approximate surface area is 137 Å². The van der Waals surface area contributed by atoms with Gasteiger partial charge in [-0.2, -0.15) is 10.1 Å². The predicted molar refractivity (Wildman–Crippen MR) is 80.1 cm³/mol. The number of ether oxygens (including phenoxy) is 2. The lowest BCUT2D eigenvalue weighted by atomic mass is 10.1. The molecule has 0 spiro atoms. The molecule has 1 N–H and O–H groups in total. The molecule has 0 aliphatic carbocycles. The van der Waals surface area contributed by atoms with Gasteiger partial charge in [0.2, 0.25) is 0 Å². The van der Waals surface area contributed by atoms with Crippen LogP contribution < -0.4 is 5.32 Å². The number of carbonyl (C=O) groups is 3. The van der Waals surface area contributed by atoms with Crippen LogP contribution in [-0.2, 0) is 25.5 Å². The molecule has 0 aliphatic rings. The van der Waals surface area contributed by atoms with Gasteiger partial charge in [-0.15, -0.1) is 0 Å². The van der Waals surface area contributed by atoms with Gasteiger partial charge in [-0.05, 0) is 20.8 Å². The molecule has 2 aromatic rings. The normalized spacial score (nSPS) is 11.8. The molecule has 10 heteroatoms. The first-order chi connectivity index (χ1) is 11.3. The fourth-order valence-corrected chi connectivity index (χ4v) is 2.10. The molecule has 128 valence electrons. The molecule has 0 fully saturated rings. The summed E-state index contributed by atoms with van der Waals surface area (Å²) in [6, 6.07) is 0. The molecule has 0 saturated heterocycles. The van der Waals surface area contributed by atoms with E-state index in [1.807, 2.05) is 5.32 Å². The Morgan fingerprint density at radius 1 is 1.33 bits per heavy atom. The van der Waals surface area contributed by atoms with Gasteiger partial charge in [0, 0.05) is 17.0 Å². The molecular weight excluding hydrogens is 318 g/mol. The molecule has 10 nitrogen and oxygen atoms in total. The highest BCUT2D eigenvalue weighted by atomic mass is 16.6. The van der Waals surface area contributed by atoms with Crippen LogP contribution in [0.3, 0.4) is 0 Å². The fraction of sp³-hybridized carbons (Fsp3) is 0.429. The Morgan fingerprint density at radius 2 is 2.04 bits per heavy atom. The van der Waals surface area contributed by atoms with Crippen LogP contribution in [0.15, 0.2) is 6.33 Å². The molecule has 0 radical (unpaired) electrons. The largest absolute Gasteiger partial charge is 0.453 e. The first-order valence-corrected chi connectivity index (χ1v) is 7.07. The summed E-state index contributed by atoms with van der Waals surface area (Å²) in [6.45, 7) is 4.89. The van der Waals surface area contributed by atoms with Gasteiger partial charge in [-0.25, -0.2) is 14.3 Å². The number of fused-ring (bicyclic) bond motifs is 1. The van der Waals surface area contributed by atoms with Crippen molar-refractivity contribution in [1.29, 1.82) is 0 Å². The smallest absolute Gasteiger partial charge is 0.413 e. The number of alkyl carbamates (subject to hydrolysis) is 1. The van der Waals surface area contributed by atoms with Gasteiger partial charge in [-0.3, -0.25) is 14.9 Å². The van der Waals surface area contributed by atoms with Crippen molar-refractivity contribution in [2.75, 3.05) is 7.11 Å². The van der Waals surface area contributed by atoms with Crippen LogP contribution in [0.5, 0.6) is 0 Å². The number of aryl methyl sites for hydroxylation is 2. The van der Waals surface area contributed by atoms with Gasteiger partial charge in [0.15, 0.2) is 6.10 Å². The van der Waals surface area contributed by atoms with Crippen molar-refractivity contribution in [3.63, 3.8) is 0 Å². The van der Waals surface area contributed by atoms with E-state index in [-0.39, 0.29) is 6.42 Å². The van der Waals surface area contributed by atoms with Crippen LogP contribution >= 0.6 is 0 Å². The molecule has 0 unspecified atom stereocenters. The van der Waals surface area contributed by atoms with Gasteiger partial charge >= 0.3 is 12.1 Å². The molecule has 0 saturated carbocycles. The maximum absolute atomic E-state index is 12.1. The lowest BCUT2D eigenvalue weighted by Gasteiger charge is -2.14. The van der Waals surface area contributed by atoms with Gasteiger partial charge in [0.05, 0.1) is 13.5 Å². The third-order valence-corrected chi connectivity index (χ3v) is 3.40. The molecule has 0 aliphatic heterocycles. The van der Waals surface area contributed by atoms with E-state index in [0.29, 0.717) is 22.7 Å². The summed E-state index contributed by atoms with van der Waals surface area (Å²) < 4.78 is 10.9. The zero-order chi connectivity index (χ0) is 17.9. The summed E-state index contributed by atoms with van der Waals surface area (Å²) in [7, 11) is 1.12. The van der Waals surface area contributed by atoms with Crippen LogP contribution in [0.25, 0.3) is 5.78 Å². The Hall–Kier alpha value is -3.04. The Balaban J connectivity index is 2.07. The number of hydrogen-bond acceptors (Lipinski definition) is 8. The SMILES string of the molecule is COC(=O)NC(=O)[C@H](C)OC(=O)Cc1c(C)nc2ncnn2c1C. The zero-order valence-electron chi connectivity index (χ0n) is 13.7. The number of imide groups is 1. The Bertz CT molecular complexity index is 800. The van der Waals surface area contributed by atoms with Crippen LogP contribution in [0, 0.1) is 13.8 Å². The summed E-state index contributed by atoms with van der Waals surface area (Å²) in [6.07, 6.45) is -0.775. The maximum Gasteiger partial charge on any atom is 0.413 e. The molecule has 24 heavy (non-hydrogen) atoms. The zero-order valence-corrected chi connectivity index (χ0v) is 13.7. The Morgan fingerprint density at radius 3 is 2.71 bits per heavy atom. The quantitative estimate of drug-likeness (QED) is 0.780. The summed E-state index contributed by atoms with van der Waals surface area (Å²) in [5.74, 6) is -0.962. The minimum Gasteiger partial charge on any atom is -0.453 e. The van der Waals surface area contributed by atoms with Gasteiger partial charge in [0.1, 0.15) is 6.33 Å². The fourth-order valence-electron chi connectivity index (χ4n) is 2.10. The average Bonchev–Trinajstić information content (AvgIpc) is 2.99. The minimum atomic E-state index is -1.14. The van der Waals surface area contributed by atoms with E-state index >= 15 is 0 Å². The highest BCUT2D eigenvalue weighted by Crippen LogP contribution is 2.14. The van der Waals surface area contributed by atoms with Gasteiger partial charge in [-0.1, -0.05) is 0 Å². The van der Waals surface area contributed by atoms with E-state index < -0.39 is 24.1 Å². The molecule has 1 atom stereocenters. The van der Waals surface area contributed by atoms with Crippen molar-refractivity contribution in [2.24, 2.45) is 0 Å². The van der Waals surface area contributed by atoms with E-state index in [4.69, 9.17) is 4.74 Å². The molecule has 2 heterocycles. The highest BCUT2D eigenvalue weighted by molar-refractivity contribution is 5.95. The maximum atomic E-state index is 12.1. The number of amides is 2. The standard InChI is InChI=1S/C14H17N5O5/c1-7-10(8(2)19-13(17-7)15-6-16-19)5-11(20)24-9(3)12(21)18-14(22)23-4/h6,9H,5H2,1-4H3,(H,18,21,22)/t9-/m0/s1. The van der Waals surface area contributed by atoms with Crippen molar-refractivity contribution in [2.45, 2.75) is 33.3 Å². The first-order valence-electron chi connectivity index (χ1n) is 7.07. The summed E-state index contributed by atoms with van der Waals surface area (Å²) in [4.78, 5) is 42.9. The van der Waals surface area contributed by atoms with E-state index in [9.17, 15) is 14.4 Å². The first kappa shape index (κ1) is 17.3. The number of nitrogens with one attached hydrogen (secondary N) is 1. The molecule has 2 rings (SSSR count). The number of esters is 1. The topological polar surface area (TPSA) is 125 Å². The number of hydrogen-bond donors (Lipinski definition) is 1. The lowest BCUT2D eigenvalue weighted by Crippen LogP contribution is -2.39. The second kappa shape index (κ2) is 7.02. The average molecular weight is 335 g/mol. The number of nitrogens with zero attached hydrogens (tertiary/aromatic N) is 4. The second-order valence-corrected chi connectivity index (χ2v) is 5.02. The number of rotatable bonds is 4. The van der Waals surface area contributed by atoms with E-state index in [1.165, 1.54) is 17.8 Å². The summed E-state index contributed by atoms with van der Waals surface area (Å²) in [5, 5.41) is 5.96. The van der Waals surface area contributed by atoms with Crippen molar-refractivity contribution in [3.8, 4) is 0 Å². The monoisotopic (exact) mass is 335 g/mol. The van der Waals surface area contributed by atoms with Gasteiger partial charge < -0.3 is 9.47 Å². The molecule has 0 bridgehead atoms. The molecule has 2 amide bonds. The highest BCUT2D eigenvalue weighted by Gasteiger charge is 2.22. The van der Waals surface area contributed by atoms with E-state index in [0.717, 1.165) is 7.11 Å². The Kier molecular flexibility index (Phi) is 5.07. The van der Waals surface area contributed by atoms with Crippen LogP contribution in [0.1, 0.15) is 23.9 Å². The van der Waals surface area contributed by atoms with Crippen LogP contribution in [0.2, 0.25) is 0 Å². The van der Waals surface area contributed by atoms with E-state index in [2.05, 4.69) is 19.8 Å². The summed E-state index contributed by atoms with van der Waals surface area (Å²) in [5.41, 5.74) is 1.97. The molecule has 2 aromatic heterocycles. The second-order valence-electron chi connectivity index (χ2n) is 5.02. The predicted octanol–water partition coefficient (Wildman–Crippen LogP) is 0.0979. The van der Waals surface area contributed by atoms with Crippen LogP contribution in [0.4, 0.5) is 4.79 Å². The number of methoxy groups -OCH3 is 1. The number of carbonyl (C=O) groups excluding carboxylic acids is 3. The van der Waals surface area contributed by atoms with Gasteiger partial charge in [0.25, 0.3) is 11.7 Å². The lowest BCUT2D eigenvalue weighted by molar-refractivity contribution is -0.153. The third-order valence-electron chi connectivity index (χ3n) is 3.40. The summed E-state index contributed by atoms with van der Waals surface area (Å²) >= 11 is 0. The van der Waals surface area contributed by atoms with Crippen molar-refractivity contribution in [1.82, 2.24) is 24.9 Å². The van der Waals surface area contributed by atoms with E-state index in [1.54, 1.807) is 13.8 Å². The van der Waals surface area contributed by atoms with Crippen molar-refractivity contribution >= 4 is 23.7 Å². The molecular formula is C14H17N5O5. The van der Waals surface area contributed by atoms with Crippen molar-refractivity contribution in [3.05, 3.63) is 23.3 Å². The third kappa shape index (κ3) is 3.65. The minimum absolute atomic E-state index is 0.0870. The number of aromatic nitrogens is 4.